The van der Waals surface area contributed by atoms with Gasteiger partial charge in [0.15, 0.2) is 11.6 Å². The zero-order chi connectivity index (χ0) is 24.4. The molecule has 2 aliphatic heterocycles. The molecule has 0 radical (unpaired) electrons. The number of nitriles is 1. The molecule has 7 nitrogen and oxygen atoms in total. The molecule has 2 aromatic carbocycles. The number of hydrogen-bond acceptors (Lipinski definition) is 5. The van der Waals surface area contributed by atoms with Gasteiger partial charge in [0.2, 0.25) is 0 Å². The van der Waals surface area contributed by atoms with Crippen molar-refractivity contribution in [2.75, 3.05) is 19.7 Å². The van der Waals surface area contributed by atoms with E-state index in [0.29, 0.717) is 17.3 Å². The fourth-order valence-corrected chi connectivity index (χ4v) is 5.27. The zero-order valence-corrected chi connectivity index (χ0v) is 20.4. The van der Waals surface area contributed by atoms with Gasteiger partial charge in [0.1, 0.15) is 6.10 Å². The zero-order valence-electron chi connectivity index (χ0n) is 20.4. The van der Waals surface area contributed by atoms with Crippen molar-refractivity contribution >= 4 is 5.91 Å². The van der Waals surface area contributed by atoms with Gasteiger partial charge in [0.05, 0.1) is 11.6 Å². The fourth-order valence-electron chi connectivity index (χ4n) is 5.27. The third kappa shape index (κ3) is 4.71. The third-order valence-electron chi connectivity index (χ3n) is 7.35. The number of aryl methyl sites for hydroxylation is 2. The van der Waals surface area contributed by atoms with Gasteiger partial charge in [0.25, 0.3) is 5.91 Å². The lowest BCUT2D eigenvalue weighted by Gasteiger charge is -2.33. The highest BCUT2D eigenvalue weighted by Crippen LogP contribution is 2.32. The maximum absolute atomic E-state index is 13.6. The van der Waals surface area contributed by atoms with Gasteiger partial charge >= 0.3 is 0 Å². The topological polar surface area (TPSA) is 94.9 Å². The van der Waals surface area contributed by atoms with Crippen LogP contribution in [0, 0.1) is 18.3 Å². The predicted octanol–water partition coefficient (Wildman–Crippen LogP) is 5.09. The Hall–Kier alpha value is -3.50. The molecule has 0 spiro atoms. The molecule has 0 saturated carbocycles. The number of amides is 1. The third-order valence-corrected chi connectivity index (χ3v) is 7.35. The number of piperidine rings is 1. The van der Waals surface area contributed by atoms with E-state index in [4.69, 9.17) is 10.00 Å². The first kappa shape index (κ1) is 23.3. The molecule has 1 amide bonds. The predicted molar refractivity (Wildman–Crippen MR) is 133 cm³/mol. The summed E-state index contributed by atoms with van der Waals surface area (Å²) in [6.45, 7) is 6.35. The molecule has 180 valence electrons. The molecule has 35 heavy (non-hydrogen) atoms. The Morgan fingerprint density at radius 3 is 2.60 bits per heavy atom. The Kier molecular flexibility index (Phi) is 6.65. The Bertz CT molecular complexity index is 1240. The average Bonchev–Trinajstić information content (AvgIpc) is 3.61. The highest BCUT2D eigenvalue weighted by atomic mass is 16.5. The summed E-state index contributed by atoms with van der Waals surface area (Å²) in [6, 6.07) is 14.1. The summed E-state index contributed by atoms with van der Waals surface area (Å²) in [6.07, 6.45) is 4.59. The van der Waals surface area contributed by atoms with E-state index < -0.39 is 0 Å². The van der Waals surface area contributed by atoms with Crippen LogP contribution in [0.1, 0.15) is 83.1 Å². The number of nitrogens with zero attached hydrogens (tertiary/aromatic N) is 4. The second kappa shape index (κ2) is 10.0. The molecule has 7 heteroatoms. The van der Waals surface area contributed by atoms with Crippen LogP contribution >= 0.6 is 0 Å². The normalized spacial score (nSPS) is 18.5. The van der Waals surface area contributed by atoms with Crippen LogP contribution in [0.15, 0.2) is 36.4 Å². The van der Waals surface area contributed by atoms with Gasteiger partial charge < -0.3 is 14.6 Å². The molecule has 1 unspecified atom stereocenters. The van der Waals surface area contributed by atoms with E-state index in [1.807, 2.05) is 35.2 Å². The van der Waals surface area contributed by atoms with E-state index >= 15 is 0 Å². The number of likely N-dealkylation sites (tertiary alicyclic amines) is 1. The van der Waals surface area contributed by atoms with Crippen LogP contribution in [0.5, 0.6) is 0 Å². The number of H-pyrrole nitrogens is 1. The van der Waals surface area contributed by atoms with E-state index in [1.54, 1.807) is 0 Å². The van der Waals surface area contributed by atoms with Gasteiger partial charge in [-0.1, -0.05) is 25.1 Å². The van der Waals surface area contributed by atoms with Crippen molar-refractivity contribution in [2.45, 2.75) is 58.0 Å². The molecular weight excluding hydrogens is 438 g/mol. The van der Waals surface area contributed by atoms with Gasteiger partial charge in [-0.25, -0.2) is 0 Å². The Balaban J connectivity index is 1.34. The van der Waals surface area contributed by atoms with Crippen LogP contribution in [-0.2, 0) is 11.2 Å². The van der Waals surface area contributed by atoms with Crippen molar-refractivity contribution in [1.29, 1.82) is 5.26 Å². The number of benzene rings is 2. The van der Waals surface area contributed by atoms with E-state index in [-0.39, 0.29) is 12.0 Å². The van der Waals surface area contributed by atoms with Crippen LogP contribution in [0.25, 0.3) is 11.4 Å². The number of aromatic amines is 1. The molecule has 0 bridgehead atoms. The fraction of sp³-hybridized carbons (Fsp3) is 0.429. The average molecular weight is 470 g/mol. The second-order valence-corrected chi connectivity index (χ2v) is 9.54. The summed E-state index contributed by atoms with van der Waals surface area (Å²) >= 11 is 0. The lowest BCUT2D eigenvalue weighted by molar-refractivity contribution is 0.0712. The van der Waals surface area contributed by atoms with Crippen LogP contribution in [0.2, 0.25) is 0 Å². The summed E-state index contributed by atoms with van der Waals surface area (Å²) in [5.74, 6) is 1.94. The van der Waals surface area contributed by atoms with Crippen molar-refractivity contribution in [3.05, 3.63) is 70.0 Å². The van der Waals surface area contributed by atoms with Crippen LogP contribution in [0.4, 0.5) is 0 Å². The molecule has 1 atom stereocenters. The number of nitrogens with one attached hydrogen (secondary N) is 1. The minimum Gasteiger partial charge on any atom is -0.370 e. The smallest absolute Gasteiger partial charge is 0.254 e. The van der Waals surface area contributed by atoms with Crippen LogP contribution < -0.4 is 0 Å². The SMILES string of the molecule is CCc1cc(C)c(-c2nnc(C3CCCO3)[nH]2)cc1C(=O)N1CCC(c2ccc(C#N)cc2)CC1. The summed E-state index contributed by atoms with van der Waals surface area (Å²) in [5, 5.41) is 17.7. The molecule has 2 fully saturated rings. The quantitative estimate of drug-likeness (QED) is 0.562. The largest absolute Gasteiger partial charge is 0.370 e. The Morgan fingerprint density at radius 1 is 1.17 bits per heavy atom. The number of rotatable bonds is 5. The number of hydrogen-bond donors (Lipinski definition) is 1. The maximum atomic E-state index is 13.6. The van der Waals surface area contributed by atoms with Gasteiger partial charge in [-0.3, -0.25) is 4.79 Å². The molecule has 0 aliphatic carbocycles. The minimum atomic E-state index is -0.0232. The summed E-state index contributed by atoms with van der Waals surface area (Å²) in [5.41, 5.74) is 5.72. The number of carbonyl (C=O) groups is 1. The van der Waals surface area contributed by atoms with Crippen molar-refractivity contribution in [1.82, 2.24) is 20.1 Å². The van der Waals surface area contributed by atoms with Crippen molar-refractivity contribution in [3.63, 3.8) is 0 Å². The standard InChI is InChI=1S/C28H31N5O2/c1-3-20-15-18(2)23(26-30-27(32-31-26)25-5-4-14-35-25)16-24(20)28(34)33-12-10-22(11-13-33)21-8-6-19(17-29)7-9-21/h6-9,15-16,22,25H,3-5,10-14H2,1-2H3,(H,30,31,32). The van der Waals surface area contributed by atoms with Gasteiger partial charge in [0, 0.05) is 30.8 Å². The highest BCUT2D eigenvalue weighted by molar-refractivity contribution is 5.97. The van der Waals surface area contributed by atoms with E-state index in [9.17, 15) is 4.79 Å². The molecule has 1 N–H and O–H groups in total. The molecule has 3 aromatic rings. The van der Waals surface area contributed by atoms with Crippen LogP contribution in [-0.4, -0.2) is 45.7 Å². The Labute approximate surface area is 206 Å². The molecule has 5 rings (SSSR count). The summed E-state index contributed by atoms with van der Waals surface area (Å²) in [7, 11) is 0. The maximum Gasteiger partial charge on any atom is 0.254 e. The monoisotopic (exact) mass is 469 g/mol. The van der Waals surface area contributed by atoms with Crippen molar-refractivity contribution in [3.8, 4) is 17.5 Å². The summed E-state index contributed by atoms with van der Waals surface area (Å²) < 4.78 is 5.74. The van der Waals surface area contributed by atoms with Gasteiger partial charge in [-0.2, -0.15) is 5.26 Å². The van der Waals surface area contributed by atoms with Gasteiger partial charge in [-0.05, 0) is 79.8 Å². The number of aromatic nitrogens is 3. The molecule has 1 aromatic heterocycles. The first-order chi connectivity index (χ1) is 17.1. The molecule has 3 heterocycles. The van der Waals surface area contributed by atoms with E-state index in [2.05, 4.69) is 41.2 Å². The van der Waals surface area contributed by atoms with Crippen molar-refractivity contribution in [2.24, 2.45) is 0 Å². The molecular formula is C28H31N5O2. The number of carbonyl (C=O) groups excluding carboxylic acids is 1. The Morgan fingerprint density at radius 2 is 1.94 bits per heavy atom. The van der Waals surface area contributed by atoms with E-state index in [0.717, 1.165) is 79.9 Å². The highest BCUT2D eigenvalue weighted by Gasteiger charge is 2.27. The first-order valence-electron chi connectivity index (χ1n) is 12.5. The lowest BCUT2D eigenvalue weighted by Crippen LogP contribution is -2.38. The lowest BCUT2D eigenvalue weighted by atomic mass is 9.88. The first-order valence-corrected chi connectivity index (χ1v) is 12.5. The van der Waals surface area contributed by atoms with Gasteiger partial charge in [-0.15, -0.1) is 10.2 Å². The van der Waals surface area contributed by atoms with Crippen molar-refractivity contribution < 1.29 is 9.53 Å². The number of ether oxygens (including phenoxy) is 1. The van der Waals surface area contributed by atoms with E-state index in [1.165, 1.54) is 5.56 Å². The van der Waals surface area contributed by atoms with Crippen LogP contribution in [0.3, 0.4) is 0 Å². The summed E-state index contributed by atoms with van der Waals surface area (Å²) in [4.78, 5) is 19.0. The second-order valence-electron chi connectivity index (χ2n) is 9.54. The minimum absolute atomic E-state index is 0.0232. The molecule has 2 aliphatic rings. The molecule has 2 saturated heterocycles.